The highest BCUT2D eigenvalue weighted by atomic mass is 32.2. The van der Waals surface area contributed by atoms with E-state index in [4.69, 9.17) is 9.15 Å². The lowest BCUT2D eigenvalue weighted by atomic mass is 10.2. The smallest absolute Gasteiger partial charge is 0.267 e. The Morgan fingerprint density at radius 2 is 1.79 bits per heavy atom. The highest BCUT2D eigenvalue weighted by molar-refractivity contribution is 8.18. The summed E-state index contributed by atoms with van der Waals surface area (Å²) in [5.41, 5.74) is 2.93. The molecule has 1 aliphatic rings. The van der Waals surface area contributed by atoms with Gasteiger partial charge in [0, 0.05) is 19.8 Å². The zero-order valence-electron chi connectivity index (χ0n) is 18.6. The van der Waals surface area contributed by atoms with E-state index in [1.165, 1.54) is 11.8 Å². The molecule has 0 saturated carbocycles. The first-order valence-corrected chi connectivity index (χ1v) is 11.1. The molecule has 168 valence electrons. The molecule has 0 unspecified atom stereocenters. The van der Waals surface area contributed by atoms with Crippen molar-refractivity contribution in [1.29, 1.82) is 0 Å². The summed E-state index contributed by atoms with van der Waals surface area (Å²) >= 11 is 1.29. The van der Waals surface area contributed by atoms with E-state index in [-0.39, 0.29) is 12.5 Å². The Labute approximate surface area is 197 Å². The van der Waals surface area contributed by atoms with Gasteiger partial charge in [0.2, 0.25) is 0 Å². The predicted octanol–water partition coefficient (Wildman–Crippen LogP) is 4.86. The Kier molecular flexibility index (Phi) is 6.95. The van der Waals surface area contributed by atoms with Crippen molar-refractivity contribution < 1.29 is 13.9 Å². The Morgan fingerprint density at radius 3 is 2.42 bits per heavy atom. The van der Waals surface area contributed by atoms with Crippen LogP contribution in [-0.4, -0.2) is 43.4 Å². The van der Waals surface area contributed by atoms with Crippen LogP contribution in [0.25, 0.3) is 6.08 Å². The van der Waals surface area contributed by atoms with Crippen LogP contribution in [0.15, 0.2) is 86.5 Å². The van der Waals surface area contributed by atoms with Gasteiger partial charge in [0.05, 0.1) is 31.0 Å². The quantitative estimate of drug-likeness (QED) is 0.286. The first-order valence-electron chi connectivity index (χ1n) is 10.3. The van der Waals surface area contributed by atoms with Crippen LogP contribution >= 0.6 is 11.8 Å². The Bertz CT molecular complexity index is 1180. The van der Waals surface area contributed by atoms with Gasteiger partial charge in [-0.25, -0.2) is 0 Å². The molecule has 0 aliphatic carbocycles. The van der Waals surface area contributed by atoms with Gasteiger partial charge in [-0.15, -0.1) is 5.10 Å². The fourth-order valence-corrected chi connectivity index (χ4v) is 4.07. The molecule has 1 aliphatic heterocycles. The largest absolute Gasteiger partial charge is 0.497 e. The summed E-state index contributed by atoms with van der Waals surface area (Å²) in [6.45, 7) is 0.282. The lowest BCUT2D eigenvalue weighted by Crippen LogP contribution is -2.28. The Morgan fingerprint density at radius 1 is 1.06 bits per heavy atom. The van der Waals surface area contributed by atoms with Crippen molar-refractivity contribution in [1.82, 2.24) is 4.90 Å². The molecule has 33 heavy (non-hydrogen) atoms. The van der Waals surface area contributed by atoms with E-state index in [1.54, 1.807) is 30.6 Å². The molecule has 4 rings (SSSR count). The highest BCUT2D eigenvalue weighted by Crippen LogP contribution is 2.34. The van der Waals surface area contributed by atoms with Crippen molar-refractivity contribution in [2.75, 3.05) is 26.1 Å². The van der Waals surface area contributed by atoms with Crippen molar-refractivity contribution in [2.24, 2.45) is 10.2 Å². The minimum atomic E-state index is -0.142. The van der Waals surface area contributed by atoms with Crippen LogP contribution in [-0.2, 0) is 11.3 Å². The summed E-state index contributed by atoms with van der Waals surface area (Å²) in [5, 5.41) is 9.08. The van der Waals surface area contributed by atoms with Gasteiger partial charge in [0.15, 0.2) is 5.17 Å². The topological polar surface area (TPSA) is 70.6 Å². The third-order valence-corrected chi connectivity index (χ3v) is 5.95. The fraction of sp³-hybridized carbons (Fsp3) is 0.160. The summed E-state index contributed by atoms with van der Waals surface area (Å²) in [5.74, 6) is 1.29. The van der Waals surface area contributed by atoms with Gasteiger partial charge in [-0.2, -0.15) is 5.10 Å². The molecule has 0 spiro atoms. The molecule has 2 heterocycles. The van der Waals surface area contributed by atoms with Crippen molar-refractivity contribution in [3.8, 4) is 5.75 Å². The molecule has 1 amide bonds. The monoisotopic (exact) mass is 460 g/mol. The molecule has 3 aromatic rings. The Balaban J connectivity index is 1.57. The third kappa shape index (κ3) is 5.53. The summed E-state index contributed by atoms with van der Waals surface area (Å²) < 4.78 is 10.6. The molecule has 0 N–H and O–H groups in total. The van der Waals surface area contributed by atoms with Gasteiger partial charge in [0.1, 0.15) is 11.5 Å². The zero-order valence-corrected chi connectivity index (χ0v) is 19.5. The number of rotatable bonds is 7. The molecular formula is C25H24N4O3S. The Hall–Kier alpha value is -3.78. The minimum absolute atomic E-state index is 0.142. The number of nitrogens with zero attached hydrogens (tertiary/aromatic N) is 4. The van der Waals surface area contributed by atoms with Crippen LogP contribution in [0.4, 0.5) is 5.69 Å². The molecular weight excluding hydrogens is 436 g/mol. The number of hydrogen-bond donors (Lipinski definition) is 0. The average molecular weight is 461 g/mol. The average Bonchev–Trinajstić information content (AvgIpc) is 3.44. The molecule has 0 atom stereocenters. The van der Waals surface area contributed by atoms with Crippen molar-refractivity contribution in [3.63, 3.8) is 0 Å². The van der Waals surface area contributed by atoms with Crippen LogP contribution in [0.3, 0.4) is 0 Å². The van der Waals surface area contributed by atoms with E-state index in [0.29, 0.717) is 15.8 Å². The lowest BCUT2D eigenvalue weighted by Gasteiger charge is -2.12. The van der Waals surface area contributed by atoms with Gasteiger partial charge >= 0.3 is 0 Å². The maximum Gasteiger partial charge on any atom is 0.267 e. The zero-order chi connectivity index (χ0) is 23.2. The highest BCUT2D eigenvalue weighted by Gasteiger charge is 2.34. The van der Waals surface area contributed by atoms with Gasteiger partial charge in [-0.3, -0.25) is 9.69 Å². The maximum absolute atomic E-state index is 13.1. The lowest BCUT2D eigenvalue weighted by molar-refractivity contribution is -0.122. The number of carbonyl (C=O) groups is 1. The normalized spacial score (nSPS) is 16.3. The SMILES string of the molecule is COc1ccc(/C=C2\S/C(=N/N=C\c3ccc(N(C)C)cc3)N(Cc3ccco3)C2=O)cc1. The van der Waals surface area contributed by atoms with Crippen LogP contribution in [0, 0.1) is 0 Å². The first-order chi connectivity index (χ1) is 16.0. The molecule has 1 fully saturated rings. The summed E-state index contributed by atoms with van der Waals surface area (Å²) in [4.78, 5) is 17.3. The maximum atomic E-state index is 13.1. The van der Waals surface area contributed by atoms with Gasteiger partial charge < -0.3 is 14.1 Å². The summed E-state index contributed by atoms with van der Waals surface area (Å²) in [6, 6.07) is 19.1. The van der Waals surface area contributed by atoms with E-state index in [1.807, 2.05) is 79.7 Å². The molecule has 2 aromatic carbocycles. The first kappa shape index (κ1) is 22.4. The van der Waals surface area contributed by atoms with Gasteiger partial charge in [0.25, 0.3) is 5.91 Å². The van der Waals surface area contributed by atoms with Crippen molar-refractivity contribution in [3.05, 3.63) is 88.7 Å². The third-order valence-electron chi connectivity index (χ3n) is 4.96. The number of ether oxygens (including phenoxy) is 1. The van der Waals surface area contributed by atoms with E-state index < -0.39 is 0 Å². The van der Waals surface area contributed by atoms with Crippen LogP contribution in [0.5, 0.6) is 5.75 Å². The number of amidine groups is 1. The number of anilines is 1. The van der Waals surface area contributed by atoms with Crippen molar-refractivity contribution in [2.45, 2.75) is 6.54 Å². The van der Waals surface area contributed by atoms with E-state index >= 15 is 0 Å². The fourth-order valence-electron chi connectivity index (χ4n) is 3.14. The summed E-state index contributed by atoms with van der Waals surface area (Å²) in [6.07, 6.45) is 5.10. The number of furan rings is 1. The van der Waals surface area contributed by atoms with Crippen molar-refractivity contribution >= 4 is 40.8 Å². The number of benzene rings is 2. The second kappa shape index (κ2) is 10.2. The second-order valence-electron chi connectivity index (χ2n) is 7.47. The number of amides is 1. The van der Waals surface area contributed by atoms with E-state index in [2.05, 4.69) is 10.2 Å². The predicted molar refractivity (Wildman–Crippen MR) is 134 cm³/mol. The number of methoxy groups -OCH3 is 1. The van der Waals surface area contributed by atoms with E-state index in [9.17, 15) is 4.79 Å². The molecule has 8 heteroatoms. The molecule has 0 radical (unpaired) electrons. The number of carbonyl (C=O) groups excluding carboxylic acids is 1. The number of thioether (sulfide) groups is 1. The van der Waals surface area contributed by atoms with Crippen LogP contribution in [0.2, 0.25) is 0 Å². The molecule has 1 aromatic heterocycles. The summed E-state index contributed by atoms with van der Waals surface area (Å²) in [7, 11) is 5.61. The molecule has 0 bridgehead atoms. The van der Waals surface area contributed by atoms with Gasteiger partial charge in [-0.05, 0) is 65.4 Å². The standard InChI is InChI=1S/C25H24N4O3S/c1-28(2)20-10-6-19(7-11-20)16-26-27-25-29(17-22-5-4-14-32-22)24(30)23(33-25)15-18-8-12-21(31-3)13-9-18/h4-16H,17H2,1-3H3/b23-15-,26-16-,27-25+. The molecule has 1 saturated heterocycles. The van der Waals surface area contributed by atoms with E-state index in [0.717, 1.165) is 22.6 Å². The van der Waals surface area contributed by atoms with Gasteiger partial charge in [-0.1, -0.05) is 24.3 Å². The van der Waals surface area contributed by atoms with Crippen LogP contribution in [0.1, 0.15) is 16.9 Å². The number of hydrogen-bond acceptors (Lipinski definition) is 7. The van der Waals surface area contributed by atoms with Crippen LogP contribution < -0.4 is 9.64 Å². The minimum Gasteiger partial charge on any atom is -0.497 e. The molecule has 7 nitrogen and oxygen atoms in total. The second-order valence-corrected chi connectivity index (χ2v) is 8.48.